The summed E-state index contributed by atoms with van der Waals surface area (Å²) in [7, 11) is 0. The summed E-state index contributed by atoms with van der Waals surface area (Å²) in [5.41, 5.74) is 9.71. The van der Waals surface area contributed by atoms with Crippen LogP contribution >= 0.6 is 0 Å². The fraction of sp³-hybridized carbons (Fsp3) is 0.500. The van der Waals surface area contributed by atoms with Gasteiger partial charge in [0.05, 0.1) is 0 Å². The highest BCUT2D eigenvalue weighted by Gasteiger charge is 2.33. The Morgan fingerprint density at radius 1 is 1.36 bits per heavy atom. The molecule has 1 aromatic carbocycles. The molecule has 0 saturated carbocycles. The second-order valence-electron chi connectivity index (χ2n) is 4.47. The summed E-state index contributed by atoms with van der Waals surface area (Å²) in [6, 6.07) is 7.09. The van der Waals surface area contributed by atoms with Crippen LogP contribution in [0.1, 0.15) is 29.9 Å². The minimum Gasteiger partial charge on any atom is -0.399 e. The molecule has 2 nitrogen and oxygen atoms in total. The summed E-state index contributed by atoms with van der Waals surface area (Å²) >= 11 is 0. The molecule has 1 fully saturated rings. The van der Waals surface area contributed by atoms with Gasteiger partial charge in [-0.05, 0) is 55.0 Å². The van der Waals surface area contributed by atoms with E-state index in [9.17, 15) is 0 Å². The van der Waals surface area contributed by atoms with Gasteiger partial charge in [-0.3, -0.25) is 0 Å². The van der Waals surface area contributed by atoms with Gasteiger partial charge in [0.25, 0.3) is 0 Å². The number of nitrogens with one attached hydrogen (secondary N) is 1. The Balaban J connectivity index is 2.01. The molecule has 0 spiro atoms. The molecule has 1 aliphatic heterocycles. The van der Waals surface area contributed by atoms with E-state index in [4.69, 9.17) is 5.73 Å². The minimum atomic E-state index is 0.681. The SMILES string of the molecule is Nc1ccc2c(c1)C[C@@H]1NCCC[C@H]21. The van der Waals surface area contributed by atoms with E-state index in [2.05, 4.69) is 17.4 Å². The van der Waals surface area contributed by atoms with E-state index in [1.807, 2.05) is 6.07 Å². The van der Waals surface area contributed by atoms with E-state index in [0.29, 0.717) is 6.04 Å². The summed E-state index contributed by atoms with van der Waals surface area (Å²) < 4.78 is 0. The first-order valence-corrected chi connectivity index (χ1v) is 5.46. The number of hydrogen-bond donors (Lipinski definition) is 2. The summed E-state index contributed by atoms with van der Waals surface area (Å²) in [6.45, 7) is 1.19. The highest BCUT2D eigenvalue weighted by molar-refractivity contribution is 5.49. The van der Waals surface area contributed by atoms with Crippen molar-refractivity contribution < 1.29 is 0 Å². The standard InChI is InChI=1S/C12H16N2/c13-9-3-4-10-8(6-9)7-12-11(10)2-1-5-14-12/h3-4,6,11-12,14H,1-2,5,7,13H2/t11-,12+/m1/s1. The summed E-state index contributed by atoms with van der Waals surface area (Å²) in [5.74, 6) is 0.749. The van der Waals surface area contributed by atoms with Crippen LogP contribution in [0.15, 0.2) is 18.2 Å². The van der Waals surface area contributed by atoms with Crippen molar-refractivity contribution in [3.63, 3.8) is 0 Å². The van der Waals surface area contributed by atoms with Crippen LogP contribution in [0, 0.1) is 0 Å². The molecule has 3 rings (SSSR count). The Hall–Kier alpha value is -1.02. The number of nitrogens with two attached hydrogens (primary N) is 1. The van der Waals surface area contributed by atoms with Crippen molar-refractivity contribution in [2.24, 2.45) is 0 Å². The molecule has 74 valence electrons. The largest absolute Gasteiger partial charge is 0.399 e. The van der Waals surface area contributed by atoms with Gasteiger partial charge in [-0.25, -0.2) is 0 Å². The molecular weight excluding hydrogens is 172 g/mol. The lowest BCUT2D eigenvalue weighted by molar-refractivity contribution is 0.372. The molecule has 1 aromatic rings. The van der Waals surface area contributed by atoms with Crippen molar-refractivity contribution in [1.29, 1.82) is 0 Å². The van der Waals surface area contributed by atoms with E-state index in [-0.39, 0.29) is 0 Å². The summed E-state index contributed by atoms with van der Waals surface area (Å²) in [5, 5.41) is 3.61. The van der Waals surface area contributed by atoms with Crippen LogP contribution in [-0.2, 0) is 6.42 Å². The smallest absolute Gasteiger partial charge is 0.0316 e. The lowest BCUT2D eigenvalue weighted by Crippen LogP contribution is -2.37. The summed E-state index contributed by atoms with van der Waals surface area (Å²) in [4.78, 5) is 0. The molecule has 2 atom stereocenters. The second-order valence-corrected chi connectivity index (χ2v) is 4.47. The van der Waals surface area contributed by atoms with E-state index in [1.165, 1.54) is 36.9 Å². The molecule has 0 aromatic heterocycles. The number of rotatable bonds is 0. The molecule has 1 aliphatic carbocycles. The average Bonchev–Trinajstić information content (AvgIpc) is 2.54. The van der Waals surface area contributed by atoms with Gasteiger partial charge in [-0.15, -0.1) is 0 Å². The fourth-order valence-electron chi connectivity index (χ4n) is 2.94. The van der Waals surface area contributed by atoms with Crippen LogP contribution in [0.5, 0.6) is 0 Å². The van der Waals surface area contributed by atoms with Crippen molar-refractivity contribution in [1.82, 2.24) is 5.32 Å². The Morgan fingerprint density at radius 2 is 2.29 bits per heavy atom. The highest BCUT2D eigenvalue weighted by atomic mass is 14.9. The van der Waals surface area contributed by atoms with Crippen molar-refractivity contribution in [3.8, 4) is 0 Å². The molecule has 0 amide bonds. The van der Waals surface area contributed by atoms with Gasteiger partial charge in [-0.2, -0.15) is 0 Å². The maximum atomic E-state index is 5.80. The van der Waals surface area contributed by atoms with Crippen LogP contribution in [0.25, 0.3) is 0 Å². The Kier molecular flexibility index (Phi) is 1.77. The predicted molar refractivity (Wildman–Crippen MR) is 58.3 cm³/mol. The van der Waals surface area contributed by atoms with E-state index < -0.39 is 0 Å². The second kappa shape index (κ2) is 2.99. The van der Waals surface area contributed by atoms with Crippen molar-refractivity contribution >= 4 is 5.69 Å². The third kappa shape index (κ3) is 1.14. The van der Waals surface area contributed by atoms with Crippen LogP contribution in [0.3, 0.4) is 0 Å². The molecule has 1 saturated heterocycles. The van der Waals surface area contributed by atoms with Crippen LogP contribution in [0.4, 0.5) is 5.69 Å². The predicted octanol–water partition coefficient (Wildman–Crippen LogP) is 1.66. The van der Waals surface area contributed by atoms with E-state index in [1.54, 1.807) is 0 Å². The number of piperidine rings is 1. The maximum Gasteiger partial charge on any atom is 0.0316 e. The normalized spacial score (nSPS) is 29.7. The molecule has 14 heavy (non-hydrogen) atoms. The molecule has 0 unspecified atom stereocenters. The molecule has 2 heteroatoms. The third-order valence-electron chi connectivity index (χ3n) is 3.59. The average molecular weight is 188 g/mol. The Labute approximate surface area is 84.5 Å². The Bertz CT molecular complexity index is 359. The molecule has 0 bridgehead atoms. The quantitative estimate of drug-likeness (QED) is 0.608. The first-order chi connectivity index (χ1) is 6.84. The van der Waals surface area contributed by atoms with Crippen molar-refractivity contribution in [3.05, 3.63) is 29.3 Å². The zero-order valence-electron chi connectivity index (χ0n) is 8.29. The number of fused-ring (bicyclic) bond motifs is 3. The lowest BCUT2D eigenvalue weighted by atomic mass is 9.90. The third-order valence-corrected chi connectivity index (χ3v) is 3.59. The van der Waals surface area contributed by atoms with Gasteiger partial charge in [0.2, 0.25) is 0 Å². The topological polar surface area (TPSA) is 38.0 Å². The Morgan fingerprint density at radius 3 is 3.21 bits per heavy atom. The van der Waals surface area contributed by atoms with Crippen LogP contribution in [0.2, 0.25) is 0 Å². The van der Waals surface area contributed by atoms with Crippen molar-refractivity contribution in [2.45, 2.75) is 31.2 Å². The molecule has 3 N–H and O–H groups in total. The lowest BCUT2D eigenvalue weighted by Gasteiger charge is -2.26. The fourth-order valence-corrected chi connectivity index (χ4v) is 2.94. The van der Waals surface area contributed by atoms with Gasteiger partial charge in [0.1, 0.15) is 0 Å². The van der Waals surface area contributed by atoms with Gasteiger partial charge >= 0.3 is 0 Å². The number of nitrogen functional groups attached to an aromatic ring is 1. The monoisotopic (exact) mass is 188 g/mol. The van der Waals surface area contributed by atoms with Gasteiger partial charge < -0.3 is 11.1 Å². The molecule has 2 aliphatic rings. The van der Waals surface area contributed by atoms with Gasteiger partial charge in [0, 0.05) is 11.7 Å². The van der Waals surface area contributed by atoms with Crippen LogP contribution < -0.4 is 11.1 Å². The molecule has 1 heterocycles. The minimum absolute atomic E-state index is 0.681. The number of anilines is 1. The first-order valence-electron chi connectivity index (χ1n) is 5.46. The maximum absolute atomic E-state index is 5.80. The number of benzene rings is 1. The highest BCUT2D eigenvalue weighted by Crippen LogP contribution is 2.38. The summed E-state index contributed by atoms with van der Waals surface area (Å²) in [6.07, 6.45) is 3.82. The zero-order valence-corrected chi connectivity index (χ0v) is 8.29. The first kappa shape index (κ1) is 8.30. The molecular formula is C12H16N2. The van der Waals surface area contributed by atoms with Crippen LogP contribution in [-0.4, -0.2) is 12.6 Å². The molecule has 0 radical (unpaired) electrons. The van der Waals surface area contributed by atoms with Gasteiger partial charge in [-0.1, -0.05) is 6.07 Å². The number of hydrogen-bond acceptors (Lipinski definition) is 2. The van der Waals surface area contributed by atoms with Crippen molar-refractivity contribution in [2.75, 3.05) is 12.3 Å². The van der Waals surface area contributed by atoms with E-state index in [0.717, 1.165) is 11.6 Å². The van der Waals surface area contributed by atoms with Gasteiger partial charge in [0.15, 0.2) is 0 Å². The van der Waals surface area contributed by atoms with E-state index >= 15 is 0 Å². The zero-order chi connectivity index (χ0) is 9.54.